The van der Waals surface area contributed by atoms with Crippen molar-refractivity contribution in [1.82, 2.24) is 14.3 Å². The standard InChI is InChI=1S/C18H19ClN4O3S/c1-3-23-16-10-12(17(20)24)4-9-15(16)21-18(23)11(2)22-27(25,26)14-7-5-13(19)6-8-14/h4-11,22H,3H2,1-2H3,(H2,20,24). The Balaban J connectivity index is 1.98. The molecule has 1 heterocycles. The highest BCUT2D eigenvalue weighted by atomic mass is 35.5. The molecular formula is C18H19ClN4O3S. The highest BCUT2D eigenvalue weighted by molar-refractivity contribution is 7.89. The van der Waals surface area contributed by atoms with Crippen LogP contribution in [0.15, 0.2) is 47.4 Å². The molecule has 0 aliphatic rings. The van der Waals surface area contributed by atoms with Crippen molar-refractivity contribution >= 4 is 38.6 Å². The Labute approximate surface area is 162 Å². The van der Waals surface area contributed by atoms with E-state index in [-0.39, 0.29) is 4.90 Å². The van der Waals surface area contributed by atoms with Crippen molar-refractivity contribution in [3.8, 4) is 0 Å². The highest BCUT2D eigenvalue weighted by Crippen LogP contribution is 2.24. The lowest BCUT2D eigenvalue weighted by atomic mass is 10.2. The number of fused-ring (bicyclic) bond motifs is 1. The van der Waals surface area contributed by atoms with Gasteiger partial charge >= 0.3 is 0 Å². The highest BCUT2D eigenvalue weighted by Gasteiger charge is 2.23. The molecule has 3 aromatic rings. The Hall–Kier alpha value is -2.42. The van der Waals surface area contributed by atoms with Crippen LogP contribution in [0.25, 0.3) is 11.0 Å². The number of carbonyl (C=O) groups excluding carboxylic acids is 1. The van der Waals surface area contributed by atoms with Gasteiger partial charge < -0.3 is 10.3 Å². The minimum atomic E-state index is -3.74. The first-order chi connectivity index (χ1) is 12.7. The number of aromatic nitrogens is 2. The van der Waals surface area contributed by atoms with Gasteiger partial charge in [0.05, 0.1) is 22.0 Å². The second-order valence-corrected chi connectivity index (χ2v) is 8.23. The van der Waals surface area contributed by atoms with Crippen molar-refractivity contribution in [2.45, 2.75) is 31.3 Å². The zero-order valence-electron chi connectivity index (χ0n) is 14.8. The summed E-state index contributed by atoms with van der Waals surface area (Å²) in [5, 5.41) is 0.458. The molecule has 2 aromatic carbocycles. The van der Waals surface area contributed by atoms with E-state index >= 15 is 0 Å². The van der Waals surface area contributed by atoms with Crippen LogP contribution in [0.5, 0.6) is 0 Å². The first kappa shape index (κ1) is 19.3. The Bertz CT molecular complexity index is 1110. The van der Waals surface area contributed by atoms with Gasteiger partial charge in [-0.15, -0.1) is 0 Å². The molecule has 0 aliphatic carbocycles. The second kappa shape index (κ2) is 7.30. The van der Waals surface area contributed by atoms with E-state index in [9.17, 15) is 13.2 Å². The van der Waals surface area contributed by atoms with Crippen LogP contribution >= 0.6 is 11.6 Å². The summed E-state index contributed by atoms with van der Waals surface area (Å²) in [6.07, 6.45) is 0. The summed E-state index contributed by atoms with van der Waals surface area (Å²) < 4.78 is 29.8. The van der Waals surface area contributed by atoms with Crippen LogP contribution in [0.3, 0.4) is 0 Å². The van der Waals surface area contributed by atoms with Crippen LogP contribution in [-0.2, 0) is 16.6 Å². The summed E-state index contributed by atoms with van der Waals surface area (Å²) >= 11 is 5.82. The first-order valence-electron chi connectivity index (χ1n) is 8.31. The number of nitrogens with one attached hydrogen (secondary N) is 1. The average Bonchev–Trinajstić information content (AvgIpc) is 2.99. The van der Waals surface area contributed by atoms with Crippen LogP contribution in [0.1, 0.15) is 36.1 Å². The summed E-state index contributed by atoms with van der Waals surface area (Å²) in [4.78, 5) is 16.1. The van der Waals surface area contributed by atoms with Gasteiger partial charge in [0.2, 0.25) is 15.9 Å². The van der Waals surface area contributed by atoms with Gasteiger partial charge in [-0.25, -0.2) is 18.1 Å². The molecule has 1 atom stereocenters. The number of halogens is 1. The third-order valence-electron chi connectivity index (χ3n) is 4.22. The summed E-state index contributed by atoms with van der Waals surface area (Å²) in [7, 11) is -3.74. The number of rotatable bonds is 6. The van der Waals surface area contributed by atoms with E-state index in [4.69, 9.17) is 17.3 Å². The average molecular weight is 407 g/mol. The maximum atomic E-state index is 12.6. The molecule has 3 N–H and O–H groups in total. The number of nitrogens with two attached hydrogens (primary N) is 1. The van der Waals surface area contributed by atoms with Gasteiger partial charge in [0.15, 0.2) is 0 Å². The topological polar surface area (TPSA) is 107 Å². The lowest BCUT2D eigenvalue weighted by molar-refractivity contribution is 0.100. The number of primary amides is 1. The zero-order chi connectivity index (χ0) is 19.8. The summed E-state index contributed by atoms with van der Waals surface area (Å²) in [5.41, 5.74) is 7.11. The van der Waals surface area contributed by atoms with Crippen molar-refractivity contribution in [3.63, 3.8) is 0 Å². The molecule has 0 saturated carbocycles. The number of benzene rings is 2. The minimum absolute atomic E-state index is 0.119. The van der Waals surface area contributed by atoms with E-state index in [1.165, 1.54) is 24.3 Å². The van der Waals surface area contributed by atoms with E-state index < -0.39 is 22.0 Å². The number of hydrogen-bond acceptors (Lipinski definition) is 4. The molecule has 7 nitrogen and oxygen atoms in total. The third kappa shape index (κ3) is 3.83. The number of hydrogen-bond donors (Lipinski definition) is 2. The maximum absolute atomic E-state index is 12.6. The SMILES string of the molecule is CCn1c(C(C)NS(=O)(=O)c2ccc(Cl)cc2)nc2ccc(C(N)=O)cc21. The maximum Gasteiger partial charge on any atom is 0.248 e. The molecule has 1 unspecified atom stereocenters. The van der Waals surface area contributed by atoms with Crippen LogP contribution < -0.4 is 10.5 Å². The second-order valence-electron chi connectivity index (χ2n) is 6.08. The predicted octanol–water partition coefficient (Wildman–Crippen LogP) is 2.85. The monoisotopic (exact) mass is 406 g/mol. The molecule has 0 fully saturated rings. The summed E-state index contributed by atoms with van der Waals surface area (Å²) in [6.45, 7) is 4.19. The Morgan fingerprint density at radius 1 is 1.26 bits per heavy atom. The Kier molecular flexibility index (Phi) is 5.23. The van der Waals surface area contributed by atoms with Crippen LogP contribution in [0, 0.1) is 0 Å². The fraction of sp³-hybridized carbons (Fsp3) is 0.222. The van der Waals surface area contributed by atoms with Gasteiger partial charge in [-0.2, -0.15) is 0 Å². The fourth-order valence-corrected chi connectivity index (χ4v) is 4.25. The van der Waals surface area contributed by atoms with Gasteiger partial charge in [0.25, 0.3) is 0 Å². The fourth-order valence-electron chi connectivity index (χ4n) is 2.92. The van der Waals surface area contributed by atoms with Gasteiger partial charge in [0.1, 0.15) is 5.82 Å². The van der Waals surface area contributed by atoms with Crippen molar-refractivity contribution < 1.29 is 13.2 Å². The van der Waals surface area contributed by atoms with E-state index in [0.717, 1.165) is 5.52 Å². The largest absolute Gasteiger partial charge is 0.366 e. The molecule has 0 radical (unpaired) electrons. The van der Waals surface area contributed by atoms with E-state index in [2.05, 4.69) is 9.71 Å². The van der Waals surface area contributed by atoms with E-state index in [1.54, 1.807) is 25.1 Å². The minimum Gasteiger partial charge on any atom is -0.366 e. The van der Waals surface area contributed by atoms with Crippen molar-refractivity contribution in [3.05, 3.63) is 58.9 Å². The lowest BCUT2D eigenvalue weighted by Crippen LogP contribution is -2.28. The Morgan fingerprint density at radius 2 is 1.93 bits per heavy atom. The van der Waals surface area contributed by atoms with Crippen molar-refractivity contribution in [1.29, 1.82) is 0 Å². The molecule has 1 amide bonds. The molecule has 3 rings (SSSR count). The molecule has 9 heteroatoms. The predicted molar refractivity (Wildman–Crippen MR) is 104 cm³/mol. The molecule has 0 aliphatic heterocycles. The van der Waals surface area contributed by atoms with Crippen LogP contribution in [-0.4, -0.2) is 23.9 Å². The number of amides is 1. The molecule has 0 saturated heterocycles. The van der Waals surface area contributed by atoms with Crippen LogP contribution in [0.4, 0.5) is 0 Å². The smallest absolute Gasteiger partial charge is 0.248 e. The Morgan fingerprint density at radius 3 is 2.52 bits per heavy atom. The van der Waals surface area contributed by atoms with E-state index in [0.29, 0.717) is 28.5 Å². The summed E-state index contributed by atoms with van der Waals surface area (Å²) in [5.74, 6) is 0.0189. The third-order valence-corrected chi connectivity index (χ3v) is 6.03. The molecule has 0 bridgehead atoms. The molecule has 142 valence electrons. The number of sulfonamides is 1. The van der Waals surface area contributed by atoms with Gasteiger partial charge in [-0.3, -0.25) is 4.79 Å². The van der Waals surface area contributed by atoms with Gasteiger partial charge in [-0.05, 0) is 56.3 Å². The molecule has 0 spiro atoms. The normalized spacial score (nSPS) is 13.0. The summed E-state index contributed by atoms with van der Waals surface area (Å²) in [6, 6.07) is 10.3. The number of imidazole rings is 1. The van der Waals surface area contributed by atoms with Crippen LogP contribution in [0.2, 0.25) is 5.02 Å². The van der Waals surface area contributed by atoms with Gasteiger partial charge in [-0.1, -0.05) is 11.6 Å². The number of aryl methyl sites for hydroxylation is 1. The molecule has 1 aromatic heterocycles. The van der Waals surface area contributed by atoms with Gasteiger partial charge in [0, 0.05) is 17.1 Å². The molecule has 27 heavy (non-hydrogen) atoms. The van der Waals surface area contributed by atoms with Crippen molar-refractivity contribution in [2.24, 2.45) is 5.73 Å². The number of carbonyl (C=O) groups is 1. The van der Waals surface area contributed by atoms with E-state index in [1.807, 2.05) is 11.5 Å². The van der Waals surface area contributed by atoms with Crippen molar-refractivity contribution in [2.75, 3.05) is 0 Å². The lowest BCUT2D eigenvalue weighted by Gasteiger charge is -2.15. The molecular weight excluding hydrogens is 388 g/mol. The quantitative estimate of drug-likeness (QED) is 0.656. The first-order valence-corrected chi connectivity index (χ1v) is 10.2. The number of nitrogens with zero attached hydrogens (tertiary/aromatic N) is 2. The zero-order valence-corrected chi connectivity index (χ0v) is 16.4.